The van der Waals surface area contributed by atoms with E-state index in [1.54, 1.807) is 12.4 Å². The lowest BCUT2D eigenvalue weighted by Crippen LogP contribution is -1.89. The zero-order valence-corrected chi connectivity index (χ0v) is 8.44. The first kappa shape index (κ1) is 9.42. The Hall–Kier alpha value is -2.14. The first-order valence-corrected chi connectivity index (χ1v) is 4.71. The van der Waals surface area contributed by atoms with Gasteiger partial charge in [0.05, 0.1) is 5.69 Å². The van der Waals surface area contributed by atoms with Crippen molar-refractivity contribution in [2.75, 3.05) is 0 Å². The fourth-order valence-corrected chi connectivity index (χ4v) is 1.18. The predicted octanol–water partition coefficient (Wildman–Crippen LogP) is 2.18. The minimum Gasteiger partial charge on any atom is -0.257 e. The Kier molecular flexibility index (Phi) is 2.75. The molecule has 0 aliphatic carbocycles. The summed E-state index contributed by atoms with van der Waals surface area (Å²) in [7, 11) is 0. The fraction of sp³-hybridized carbons (Fsp3) is 0.0769. The quantitative estimate of drug-likeness (QED) is 0.601. The lowest BCUT2D eigenvalue weighted by atomic mass is 10.2. The summed E-state index contributed by atoms with van der Waals surface area (Å²) in [6.45, 7) is 1.90. The maximum atomic E-state index is 4.16. The third-order valence-corrected chi connectivity index (χ3v) is 1.98. The van der Waals surface area contributed by atoms with Gasteiger partial charge in [-0.15, -0.1) is 0 Å². The summed E-state index contributed by atoms with van der Waals surface area (Å²) in [6.07, 6.45) is 3.32. The largest absolute Gasteiger partial charge is 0.257 e. The van der Waals surface area contributed by atoms with Crippen LogP contribution in [0.2, 0.25) is 0 Å². The van der Waals surface area contributed by atoms with Crippen LogP contribution in [0.5, 0.6) is 0 Å². The molecule has 0 atom stereocenters. The van der Waals surface area contributed by atoms with Crippen LogP contribution >= 0.6 is 0 Å². The van der Waals surface area contributed by atoms with Crippen molar-refractivity contribution in [3.63, 3.8) is 0 Å². The molecule has 1 aromatic heterocycles. The van der Waals surface area contributed by atoms with E-state index in [-0.39, 0.29) is 0 Å². The zero-order chi connectivity index (χ0) is 10.5. The van der Waals surface area contributed by atoms with E-state index in [4.69, 9.17) is 0 Å². The number of nitrogens with zero attached hydrogens (tertiary/aromatic N) is 2. The van der Waals surface area contributed by atoms with Gasteiger partial charge in [0.1, 0.15) is 5.69 Å². The monoisotopic (exact) mass is 194 g/mol. The molecule has 0 saturated heterocycles. The molecule has 0 N–H and O–H groups in total. The summed E-state index contributed by atoms with van der Waals surface area (Å²) < 4.78 is 0. The van der Waals surface area contributed by atoms with Crippen LogP contribution in [0.4, 0.5) is 0 Å². The lowest BCUT2D eigenvalue weighted by molar-refractivity contribution is 1.09. The zero-order valence-electron chi connectivity index (χ0n) is 8.44. The highest BCUT2D eigenvalue weighted by atomic mass is 14.8. The Morgan fingerprint density at radius 3 is 2.40 bits per heavy atom. The Morgan fingerprint density at radius 1 is 0.933 bits per heavy atom. The Bertz CT molecular complexity index is 507. The molecular formula is C13H10N2. The van der Waals surface area contributed by atoms with Crippen LogP contribution in [-0.4, -0.2) is 9.97 Å². The summed E-state index contributed by atoms with van der Waals surface area (Å²) >= 11 is 0. The lowest BCUT2D eigenvalue weighted by Gasteiger charge is -1.92. The molecule has 15 heavy (non-hydrogen) atoms. The SMILES string of the molecule is Cc1nccnc1C#Cc1ccccc1. The van der Waals surface area contributed by atoms with Gasteiger partial charge in [-0.3, -0.25) is 4.98 Å². The average Bonchev–Trinajstić information content (AvgIpc) is 2.29. The van der Waals surface area contributed by atoms with Crippen LogP contribution < -0.4 is 0 Å². The first-order chi connectivity index (χ1) is 7.36. The van der Waals surface area contributed by atoms with Crippen molar-refractivity contribution in [2.45, 2.75) is 6.92 Å². The summed E-state index contributed by atoms with van der Waals surface area (Å²) in [5.41, 5.74) is 2.59. The minimum absolute atomic E-state index is 0.737. The van der Waals surface area contributed by atoms with Crippen LogP contribution in [0, 0.1) is 18.8 Å². The summed E-state index contributed by atoms with van der Waals surface area (Å²) in [5.74, 6) is 6.05. The summed E-state index contributed by atoms with van der Waals surface area (Å²) in [5, 5.41) is 0. The standard InChI is InChI=1S/C13H10N2/c1-11-13(15-10-9-14-11)8-7-12-5-3-2-4-6-12/h2-6,9-10H,1H3. The molecule has 0 saturated carbocycles. The first-order valence-electron chi connectivity index (χ1n) is 4.71. The molecule has 2 heteroatoms. The van der Waals surface area contributed by atoms with Crippen LogP contribution in [0.3, 0.4) is 0 Å². The molecule has 0 spiro atoms. The molecule has 0 fully saturated rings. The normalized spacial score (nSPS) is 9.13. The van der Waals surface area contributed by atoms with Crippen molar-refractivity contribution >= 4 is 0 Å². The molecular weight excluding hydrogens is 184 g/mol. The van der Waals surface area contributed by atoms with Gasteiger partial charge < -0.3 is 0 Å². The second-order valence-electron chi connectivity index (χ2n) is 3.11. The second-order valence-corrected chi connectivity index (χ2v) is 3.11. The number of benzene rings is 1. The Balaban J connectivity index is 2.31. The van der Waals surface area contributed by atoms with Gasteiger partial charge in [0.2, 0.25) is 0 Å². The smallest absolute Gasteiger partial charge is 0.134 e. The third kappa shape index (κ3) is 2.41. The van der Waals surface area contributed by atoms with Crippen LogP contribution in [0.25, 0.3) is 0 Å². The van der Waals surface area contributed by atoms with Crippen LogP contribution in [-0.2, 0) is 0 Å². The maximum absolute atomic E-state index is 4.16. The highest BCUT2D eigenvalue weighted by molar-refractivity contribution is 5.40. The van der Waals surface area contributed by atoms with E-state index in [9.17, 15) is 0 Å². The molecule has 2 nitrogen and oxygen atoms in total. The molecule has 2 rings (SSSR count). The van der Waals surface area contributed by atoms with E-state index < -0.39 is 0 Å². The van der Waals surface area contributed by atoms with Crippen LogP contribution in [0.1, 0.15) is 17.0 Å². The number of aromatic nitrogens is 2. The van der Waals surface area contributed by atoms with Gasteiger partial charge in [0, 0.05) is 18.0 Å². The van der Waals surface area contributed by atoms with Gasteiger partial charge in [-0.25, -0.2) is 4.98 Å². The second kappa shape index (κ2) is 4.39. The maximum Gasteiger partial charge on any atom is 0.134 e. The Labute approximate surface area is 89.0 Å². The van der Waals surface area contributed by atoms with Crippen molar-refractivity contribution in [2.24, 2.45) is 0 Å². The van der Waals surface area contributed by atoms with Crippen molar-refractivity contribution in [3.05, 3.63) is 59.7 Å². The Morgan fingerprint density at radius 2 is 1.67 bits per heavy atom. The van der Waals surface area contributed by atoms with Gasteiger partial charge >= 0.3 is 0 Å². The molecule has 0 unspecified atom stereocenters. The van der Waals surface area contributed by atoms with Crippen LogP contribution in [0.15, 0.2) is 42.7 Å². The molecule has 0 radical (unpaired) electrons. The number of rotatable bonds is 0. The van der Waals surface area contributed by atoms with Gasteiger partial charge in [0.15, 0.2) is 0 Å². The average molecular weight is 194 g/mol. The molecule has 72 valence electrons. The number of aryl methyl sites for hydroxylation is 1. The molecule has 0 amide bonds. The van der Waals surface area contributed by atoms with Gasteiger partial charge in [-0.1, -0.05) is 24.1 Å². The van der Waals surface area contributed by atoms with Gasteiger partial charge in [-0.05, 0) is 25.0 Å². The van der Waals surface area contributed by atoms with E-state index in [0.29, 0.717) is 0 Å². The molecule has 0 bridgehead atoms. The summed E-state index contributed by atoms with van der Waals surface area (Å²) in [4.78, 5) is 8.28. The van der Waals surface area contributed by atoms with Gasteiger partial charge in [0.25, 0.3) is 0 Å². The third-order valence-electron chi connectivity index (χ3n) is 1.98. The number of hydrogen-bond acceptors (Lipinski definition) is 2. The van der Waals surface area contributed by atoms with E-state index >= 15 is 0 Å². The highest BCUT2D eigenvalue weighted by Gasteiger charge is 1.93. The molecule has 1 heterocycles. The summed E-state index contributed by atoms with van der Waals surface area (Å²) in [6, 6.07) is 9.84. The predicted molar refractivity (Wildman–Crippen MR) is 59.2 cm³/mol. The number of hydrogen-bond donors (Lipinski definition) is 0. The van der Waals surface area contributed by atoms with Crippen molar-refractivity contribution in [1.82, 2.24) is 9.97 Å². The molecule has 0 aliphatic heterocycles. The molecule has 2 aromatic rings. The molecule has 0 aliphatic rings. The van der Waals surface area contributed by atoms with Crippen molar-refractivity contribution < 1.29 is 0 Å². The van der Waals surface area contributed by atoms with Gasteiger partial charge in [-0.2, -0.15) is 0 Å². The van der Waals surface area contributed by atoms with E-state index in [1.807, 2.05) is 37.3 Å². The van der Waals surface area contributed by atoms with E-state index in [2.05, 4.69) is 21.8 Å². The molecule has 1 aromatic carbocycles. The highest BCUT2D eigenvalue weighted by Crippen LogP contribution is 1.99. The van der Waals surface area contributed by atoms with Crippen molar-refractivity contribution in [3.8, 4) is 11.8 Å². The fourth-order valence-electron chi connectivity index (χ4n) is 1.18. The van der Waals surface area contributed by atoms with Crippen molar-refractivity contribution in [1.29, 1.82) is 0 Å². The van der Waals surface area contributed by atoms with E-state index in [1.165, 1.54) is 0 Å². The topological polar surface area (TPSA) is 25.8 Å². The minimum atomic E-state index is 0.737. The van der Waals surface area contributed by atoms with E-state index in [0.717, 1.165) is 17.0 Å².